The Morgan fingerprint density at radius 3 is 2.36 bits per heavy atom. The van der Waals surface area contributed by atoms with E-state index in [1.807, 2.05) is 30.3 Å². The van der Waals surface area contributed by atoms with E-state index in [-0.39, 0.29) is 17.7 Å². The third-order valence-corrected chi connectivity index (χ3v) is 5.52. The van der Waals surface area contributed by atoms with E-state index >= 15 is 0 Å². The number of benzene rings is 2. The van der Waals surface area contributed by atoms with Crippen LogP contribution in [-0.4, -0.2) is 58.9 Å². The van der Waals surface area contributed by atoms with Crippen LogP contribution in [0.3, 0.4) is 0 Å². The van der Waals surface area contributed by atoms with E-state index in [1.165, 1.54) is 48.2 Å². The molecular weight excluding hydrogens is 430 g/mol. The van der Waals surface area contributed by atoms with Crippen molar-refractivity contribution in [2.24, 2.45) is 0 Å². The average Bonchev–Trinajstić information content (AvgIpc) is 2.81. The number of likely N-dealkylation sites (N-methyl/N-ethyl adjacent to an activating group) is 2. The Bertz CT molecular complexity index is 1070. The van der Waals surface area contributed by atoms with Gasteiger partial charge in [0.15, 0.2) is 12.1 Å². The van der Waals surface area contributed by atoms with E-state index in [1.54, 1.807) is 0 Å². The number of para-hydroxylation sites is 1. The molecule has 172 valence electrons. The normalized spacial score (nSPS) is 19.1. The fourth-order valence-corrected chi connectivity index (χ4v) is 3.85. The molecule has 1 aliphatic heterocycles. The maximum atomic E-state index is 13.4. The van der Waals surface area contributed by atoms with Crippen molar-refractivity contribution >= 4 is 23.7 Å². The molecule has 0 bridgehead atoms. The highest BCUT2D eigenvalue weighted by Crippen LogP contribution is 2.35. The van der Waals surface area contributed by atoms with Crippen molar-refractivity contribution in [2.75, 3.05) is 14.1 Å². The molecule has 1 aliphatic rings. The van der Waals surface area contributed by atoms with Crippen molar-refractivity contribution in [3.8, 4) is 0 Å². The minimum atomic E-state index is -1.49. The summed E-state index contributed by atoms with van der Waals surface area (Å²) in [5.74, 6) is -0.928. The van der Waals surface area contributed by atoms with Gasteiger partial charge in [0, 0.05) is 26.6 Å². The zero-order valence-electron chi connectivity index (χ0n) is 18.1. The van der Waals surface area contributed by atoms with E-state index in [0.717, 1.165) is 11.8 Å². The molecule has 10 nitrogen and oxygen atoms in total. The van der Waals surface area contributed by atoms with Gasteiger partial charge in [0.1, 0.15) is 6.04 Å². The van der Waals surface area contributed by atoms with E-state index in [0.29, 0.717) is 0 Å². The van der Waals surface area contributed by atoms with Gasteiger partial charge in [-0.05, 0) is 11.6 Å². The van der Waals surface area contributed by atoms with Crippen molar-refractivity contribution in [1.29, 1.82) is 0 Å². The molecule has 3 rings (SSSR count). The van der Waals surface area contributed by atoms with Gasteiger partial charge in [-0.25, -0.2) is 4.79 Å². The average molecular weight is 453 g/mol. The number of nitrogens with zero attached hydrogens (tertiary/aromatic N) is 3. The quantitative estimate of drug-likeness (QED) is 0.274. The molecule has 33 heavy (non-hydrogen) atoms. The number of ether oxygens (including phenoxy) is 2. The van der Waals surface area contributed by atoms with Gasteiger partial charge >= 0.3 is 6.16 Å². The summed E-state index contributed by atoms with van der Waals surface area (Å²) in [6, 6.07) is 12.6. The summed E-state index contributed by atoms with van der Waals surface area (Å²) in [6.45, 7) is 3.27. The second-order valence-electron chi connectivity index (χ2n) is 7.44. The van der Waals surface area contributed by atoms with Crippen LogP contribution in [0.4, 0.5) is 10.5 Å². The van der Waals surface area contributed by atoms with Crippen molar-refractivity contribution in [2.45, 2.75) is 24.6 Å². The highest BCUT2D eigenvalue weighted by molar-refractivity contribution is 5.97. The molecule has 2 amide bonds. The van der Waals surface area contributed by atoms with E-state index in [9.17, 15) is 24.5 Å². The first-order valence-corrected chi connectivity index (χ1v) is 10.0. The monoisotopic (exact) mass is 453 g/mol. The molecule has 1 saturated heterocycles. The molecule has 1 fully saturated rings. The first kappa shape index (κ1) is 23.5. The van der Waals surface area contributed by atoms with E-state index in [4.69, 9.17) is 4.74 Å². The van der Waals surface area contributed by atoms with Gasteiger partial charge < -0.3 is 19.3 Å². The van der Waals surface area contributed by atoms with Crippen LogP contribution in [-0.2, 0) is 25.5 Å². The van der Waals surface area contributed by atoms with E-state index < -0.39 is 41.1 Å². The summed E-state index contributed by atoms with van der Waals surface area (Å²) >= 11 is 0. The molecule has 0 saturated carbocycles. The molecule has 2 unspecified atom stereocenters. The molecule has 0 radical (unpaired) electrons. The molecule has 2 aromatic carbocycles. The fourth-order valence-electron chi connectivity index (χ4n) is 3.85. The van der Waals surface area contributed by atoms with Gasteiger partial charge in [-0.3, -0.25) is 19.7 Å². The lowest BCUT2D eigenvalue weighted by Gasteiger charge is -2.44. The highest BCUT2D eigenvalue weighted by Gasteiger charge is 2.49. The second kappa shape index (κ2) is 9.94. The largest absolute Gasteiger partial charge is 0.513 e. The summed E-state index contributed by atoms with van der Waals surface area (Å²) in [5.41, 5.74) is 0.455. The minimum absolute atomic E-state index is 0.0450. The number of nitro benzene ring substituents is 1. The molecule has 0 aliphatic carbocycles. The van der Waals surface area contributed by atoms with Crippen molar-refractivity contribution in [3.63, 3.8) is 0 Å². The molecule has 0 N–H and O–H groups in total. The van der Waals surface area contributed by atoms with Crippen molar-refractivity contribution < 1.29 is 28.8 Å². The number of hydrogen-bond donors (Lipinski definition) is 0. The smallest absolute Gasteiger partial charge is 0.423 e. The number of amides is 2. The van der Waals surface area contributed by atoms with Crippen LogP contribution in [0.2, 0.25) is 0 Å². The summed E-state index contributed by atoms with van der Waals surface area (Å²) in [4.78, 5) is 52.2. The number of rotatable bonds is 7. The number of nitro groups is 1. The van der Waals surface area contributed by atoms with Crippen LogP contribution in [0.25, 0.3) is 0 Å². The molecule has 10 heteroatoms. The van der Waals surface area contributed by atoms with Gasteiger partial charge in [-0.1, -0.05) is 49.0 Å². The van der Waals surface area contributed by atoms with Crippen LogP contribution in [0.15, 0.2) is 67.4 Å². The third-order valence-electron chi connectivity index (χ3n) is 5.52. The maximum Gasteiger partial charge on any atom is 0.513 e. The lowest BCUT2D eigenvalue weighted by atomic mass is 9.93. The zero-order chi connectivity index (χ0) is 24.1. The topological polar surface area (TPSA) is 119 Å². The Balaban J connectivity index is 2.01. The number of carbonyl (C=O) groups is 3. The fraction of sp³-hybridized carbons (Fsp3) is 0.261. The van der Waals surface area contributed by atoms with E-state index in [2.05, 4.69) is 11.3 Å². The Labute approximate surface area is 190 Å². The summed E-state index contributed by atoms with van der Waals surface area (Å²) in [5, 5.41) is 11.6. The van der Waals surface area contributed by atoms with Gasteiger partial charge in [-0.2, -0.15) is 0 Å². The lowest BCUT2D eigenvalue weighted by molar-refractivity contribution is -0.386. The number of carbonyl (C=O) groups excluding carboxylic acids is 3. The van der Waals surface area contributed by atoms with Crippen molar-refractivity contribution in [3.05, 3.63) is 88.7 Å². The summed E-state index contributed by atoms with van der Waals surface area (Å²) in [7, 11) is 2.88. The number of hydrogen-bond acceptors (Lipinski definition) is 7. The van der Waals surface area contributed by atoms with Gasteiger partial charge in [0.05, 0.1) is 16.7 Å². The predicted octanol–water partition coefficient (Wildman–Crippen LogP) is 2.84. The zero-order valence-corrected chi connectivity index (χ0v) is 18.1. The van der Waals surface area contributed by atoms with Gasteiger partial charge in [0.25, 0.3) is 5.69 Å². The SMILES string of the molecule is C=COC(=O)OC(c1ccccc1[N+](=O)[O-])C1C(=O)N(C)[C@@H](Cc2ccccc2)C(=O)N1C. The summed E-state index contributed by atoms with van der Waals surface area (Å²) in [6.07, 6.45) is -1.58. The molecule has 3 atom stereocenters. The van der Waals surface area contributed by atoms with Gasteiger partial charge in [0.2, 0.25) is 11.8 Å². The first-order chi connectivity index (χ1) is 15.8. The predicted molar refractivity (Wildman–Crippen MR) is 117 cm³/mol. The van der Waals surface area contributed by atoms with Crippen molar-refractivity contribution in [1.82, 2.24) is 9.80 Å². The molecule has 1 heterocycles. The number of piperazine rings is 1. The first-order valence-electron chi connectivity index (χ1n) is 10.0. The Hall–Kier alpha value is -4.21. The molecular formula is C23H23N3O7. The Kier molecular flexibility index (Phi) is 7.07. The molecule has 0 aromatic heterocycles. The van der Waals surface area contributed by atoms with Crippen LogP contribution in [0, 0.1) is 10.1 Å². The van der Waals surface area contributed by atoms with Crippen LogP contribution >= 0.6 is 0 Å². The third kappa shape index (κ3) is 4.84. The Morgan fingerprint density at radius 1 is 1.09 bits per heavy atom. The lowest BCUT2D eigenvalue weighted by Crippen LogP contribution is -2.64. The molecule has 2 aromatic rings. The second-order valence-corrected chi connectivity index (χ2v) is 7.44. The van der Waals surface area contributed by atoms with Crippen LogP contribution < -0.4 is 0 Å². The molecule has 0 spiro atoms. The Morgan fingerprint density at radius 2 is 1.73 bits per heavy atom. The maximum absolute atomic E-state index is 13.4. The summed E-state index contributed by atoms with van der Waals surface area (Å²) < 4.78 is 9.93. The minimum Gasteiger partial charge on any atom is -0.423 e. The van der Waals surface area contributed by atoms with Gasteiger partial charge in [-0.15, -0.1) is 0 Å². The van der Waals surface area contributed by atoms with Crippen LogP contribution in [0.1, 0.15) is 17.2 Å². The standard InChI is InChI=1S/C23H23N3O7/c1-4-32-23(29)33-20(16-12-8-9-13-17(16)26(30)31)19-22(28)24(2)18(21(27)25(19)3)14-15-10-6-5-7-11-15/h4-13,18-20H,1,14H2,2-3H3/t18-,19?,20?/m0/s1. The van der Waals surface area contributed by atoms with Crippen LogP contribution in [0.5, 0.6) is 0 Å². The highest BCUT2D eigenvalue weighted by atomic mass is 16.7.